The highest BCUT2D eigenvalue weighted by Gasteiger charge is 2.17. The summed E-state index contributed by atoms with van der Waals surface area (Å²) in [4.78, 5) is 8.88. The average Bonchev–Trinajstić information content (AvgIpc) is 2.61. The molecule has 4 nitrogen and oxygen atoms in total. The van der Waals surface area contributed by atoms with Crippen LogP contribution in [-0.2, 0) is 0 Å². The second kappa shape index (κ2) is 4.34. The standard InChI is InChI=1S/C16H18N4/c1-9-6-5-7-13(8-9)20-11(3)10(2)14-15(17)18-12(4)19-16(14)20/h5-8H,1-4H3,(H2,17,18,19). The molecule has 1 aromatic carbocycles. The van der Waals surface area contributed by atoms with Gasteiger partial charge in [-0.25, -0.2) is 9.97 Å². The van der Waals surface area contributed by atoms with Gasteiger partial charge < -0.3 is 5.73 Å². The molecular formula is C16H18N4. The van der Waals surface area contributed by atoms with Gasteiger partial charge >= 0.3 is 0 Å². The number of nitrogens with zero attached hydrogens (tertiary/aromatic N) is 3. The van der Waals surface area contributed by atoms with Crippen molar-refractivity contribution in [3.63, 3.8) is 0 Å². The van der Waals surface area contributed by atoms with Crippen LogP contribution in [0.2, 0.25) is 0 Å². The van der Waals surface area contributed by atoms with Crippen molar-refractivity contribution < 1.29 is 0 Å². The highest BCUT2D eigenvalue weighted by Crippen LogP contribution is 2.30. The molecule has 0 saturated carbocycles. The molecule has 20 heavy (non-hydrogen) atoms. The first kappa shape index (κ1) is 12.7. The Balaban J connectivity index is 2.44. The first-order valence-corrected chi connectivity index (χ1v) is 6.68. The molecule has 0 atom stereocenters. The number of hydrogen-bond donors (Lipinski definition) is 1. The molecule has 3 aromatic rings. The van der Waals surface area contributed by atoms with Crippen molar-refractivity contribution in [2.45, 2.75) is 27.7 Å². The molecule has 2 N–H and O–H groups in total. The Labute approximate surface area is 118 Å². The topological polar surface area (TPSA) is 56.7 Å². The van der Waals surface area contributed by atoms with E-state index in [1.807, 2.05) is 6.92 Å². The molecule has 0 saturated heterocycles. The second-order valence-electron chi connectivity index (χ2n) is 5.24. The van der Waals surface area contributed by atoms with Crippen LogP contribution >= 0.6 is 0 Å². The van der Waals surface area contributed by atoms with Crippen LogP contribution in [0.1, 0.15) is 22.6 Å². The fraction of sp³-hybridized carbons (Fsp3) is 0.250. The van der Waals surface area contributed by atoms with Gasteiger partial charge in [0.1, 0.15) is 11.6 Å². The van der Waals surface area contributed by atoms with Gasteiger partial charge in [-0.3, -0.25) is 4.57 Å². The predicted octanol–water partition coefficient (Wildman–Crippen LogP) is 3.24. The van der Waals surface area contributed by atoms with Gasteiger partial charge in [-0.05, 0) is 51.0 Å². The first-order chi connectivity index (χ1) is 9.49. The fourth-order valence-corrected chi connectivity index (χ4v) is 2.69. The lowest BCUT2D eigenvalue weighted by Gasteiger charge is -2.09. The van der Waals surface area contributed by atoms with Crippen molar-refractivity contribution in [1.82, 2.24) is 14.5 Å². The summed E-state index contributed by atoms with van der Waals surface area (Å²) in [7, 11) is 0. The minimum absolute atomic E-state index is 0.555. The Hall–Kier alpha value is -2.36. The fourth-order valence-electron chi connectivity index (χ4n) is 2.69. The number of nitrogens with two attached hydrogens (primary N) is 1. The van der Waals surface area contributed by atoms with Crippen LogP contribution in [0.5, 0.6) is 0 Å². The molecule has 3 rings (SSSR count). The van der Waals surface area contributed by atoms with E-state index in [0.717, 1.165) is 28.0 Å². The number of benzene rings is 1. The monoisotopic (exact) mass is 266 g/mol. The van der Waals surface area contributed by atoms with E-state index >= 15 is 0 Å². The molecule has 2 aromatic heterocycles. The van der Waals surface area contributed by atoms with E-state index in [1.54, 1.807) is 0 Å². The van der Waals surface area contributed by atoms with Crippen LogP contribution in [-0.4, -0.2) is 14.5 Å². The van der Waals surface area contributed by atoms with Crippen LogP contribution in [0, 0.1) is 27.7 Å². The summed E-state index contributed by atoms with van der Waals surface area (Å²) in [6.45, 7) is 8.12. The Bertz CT molecular complexity index is 815. The molecule has 0 aliphatic carbocycles. The third-order valence-corrected chi connectivity index (χ3v) is 3.75. The summed E-state index contributed by atoms with van der Waals surface area (Å²) in [5.41, 5.74) is 11.6. The summed E-state index contributed by atoms with van der Waals surface area (Å²) in [5.74, 6) is 1.25. The molecule has 0 radical (unpaired) electrons. The summed E-state index contributed by atoms with van der Waals surface area (Å²) in [6, 6.07) is 8.39. The van der Waals surface area contributed by atoms with Gasteiger partial charge in [-0.2, -0.15) is 0 Å². The van der Waals surface area contributed by atoms with Gasteiger partial charge in [0.2, 0.25) is 0 Å². The molecular weight excluding hydrogens is 248 g/mol. The maximum absolute atomic E-state index is 6.08. The summed E-state index contributed by atoms with van der Waals surface area (Å²) < 4.78 is 2.16. The summed E-state index contributed by atoms with van der Waals surface area (Å²) in [5, 5.41) is 0.953. The maximum Gasteiger partial charge on any atom is 0.150 e. The van der Waals surface area contributed by atoms with Crippen molar-refractivity contribution in [2.75, 3.05) is 5.73 Å². The molecule has 0 unspecified atom stereocenters. The molecule has 0 aliphatic rings. The van der Waals surface area contributed by atoms with E-state index < -0.39 is 0 Å². The molecule has 102 valence electrons. The minimum Gasteiger partial charge on any atom is -0.383 e. The second-order valence-corrected chi connectivity index (χ2v) is 5.24. The Kier molecular flexibility index (Phi) is 2.74. The molecule has 0 spiro atoms. The number of aryl methyl sites for hydroxylation is 3. The zero-order valence-electron chi connectivity index (χ0n) is 12.2. The lowest BCUT2D eigenvalue weighted by Crippen LogP contribution is -2.01. The number of aromatic nitrogens is 3. The lowest BCUT2D eigenvalue weighted by atomic mass is 10.2. The number of anilines is 1. The zero-order valence-corrected chi connectivity index (χ0v) is 12.2. The lowest BCUT2D eigenvalue weighted by molar-refractivity contribution is 0.994. The minimum atomic E-state index is 0.555. The first-order valence-electron chi connectivity index (χ1n) is 6.68. The molecule has 4 heteroatoms. The summed E-state index contributed by atoms with van der Waals surface area (Å²) in [6.07, 6.45) is 0. The van der Waals surface area contributed by atoms with Crippen molar-refractivity contribution in [1.29, 1.82) is 0 Å². The Morgan fingerprint density at radius 1 is 1.05 bits per heavy atom. The number of fused-ring (bicyclic) bond motifs is 1. The van der Waals surface area contributed by atoms with Crippen molar-refractivity contribution >= 4 is 16.9 Å². The third kappa shape index (κ3) is 1.76. The maximum atomic E-state index is 6.08. The van der Waals surface area contributed by atoms with Gasteiger partial charge in [0.05, 0.1) is 5.39 Å². The van der Waals surface area contributed by atoms with Crippen molar-refractivity contribution in [3.05, 3.63) is 46.9 Å². The zero-order chi connectivity index (χ0) is 14.4. The Morgan fingerprint density at radius 2 is 1.80 bits per heavy atom. The third-order valence-electron chi connectivity index (χ3n) is 3.75. The normalized spacial score (nSPS) is 11.2. The molecule has 2 heterocycles. The van der Waals surface area contributed by atoms with Crippen LogP contribution in [0.15, 0.2) is 24.3 Å². The van der Waals surface area contributed by atoms with Gasteiger partial charge in [-0.15, -0.1) is 0 Å². The van der Waals surface area contributed by atoms with E-state index in [0.29, 0.717) is 11.6 Å². The van der Waals surface area contributed by atoms with Crippen molar-refractivity contribution in [2.24, 2.45) is 0 Å². The highest BCUT2D eigenvalue weighted by atomic mass is 15.1. The largest absolute Gasteiger partial charge is 0.383 e. The van der Waals surface area contributed by atoms with Crippen LogP contribution in [0.25, 0.3) is 16.7 Å². The van der Waals surface area contributed by atoms with E-state index in [9.17, 15) is 0 Å². The van der Waals surface area contributed by atoms with Crippen LogP contribution < -0.4 is 5.73 Å². The highest BCUT2D eigenvalue weighted by molar-refractivity contribution is 5.92. The molecule has 0 bridgehead atoms. The van der Waals surface area contributed by atoms with E-state index in [4.69, 9.17) is 5.73 Å². The quantitative estimate of drug-likeness (QED) is 0.735. The predicted molar refractivity (Wildman–Crippen MR) is 82.2 cm³/mol. The SMILES string of the molecule is Cc1cccc(-n2c(C)c(C)c3c(N)nc(C)nc32)c1. The van der Waals surface area contributed by atoms with Gasteiger partial charge in [0, 0.05) is 11.4 Å². The van der Waals surface area contributed by atoms with Gasteiger partial charge in [0.25, 0.3) is 0 Å². The molecule has 0 aliphatic heterocycles. The van der Waals surface area contributed by atoms with Crippen LogP contribution in [0.4, 0.5) is 5.82 Å². The number of rotatable bonds is 1. The van der Waals surface area contributed by atoms with E-state index in [-0.39, 0.29) is 0 Å². The summed E-state index contributed by atoms with van der Waals surface area (Å²) >= 11 is 0. The van der Waals surface area contributed by atoms with Gasteiger partial charge in [-0.1, -0.05) is 12.1 Å². The number of nitrogen functional groups attached to an aromatic ring is 1. The van der Waals surface area contributed by atoms with Gasteiger partial charge in [0.15, 0.2) is 5.65 Å². The van der Waals surface area contributed by atoms with Crippen molar-refractivity contribution in [3.8, 4) is 5.69 Å². The molecule has 0 amide bonds. The molecule has 0 fully saturated rings. The van der Waals surface area contributed by atoms with E-state index in [2.05, 4.69) is 59.6 Å². The van der Waals surface area contributed by atoms with E-state index in [1.165, 1.54) is 5.56 Å². The smallest absolute Gasteiger partial charge is 0.150 e. The van der Waals surface area contributed by atoms with Crippen LogP contribution in [0.3, 0.4) is 0 Å². The Morgan fingerprint density at radius 3 is 2.50 bits per heavy atom. The average molecular weight is 266 g/mol. The number of hydrogen-bond acceptors (Lipinski definition) is 3.